The minimum Gasteiger partial charge on any atom is -0.342 e. The number of allylic oxidation sites excluding steroid dienone is 2. The molecule has 0 amide bonds. The van der Waals surface area contributed by atoms with Crippen LogP contribution in [0.5, 0.6) is 0 Å². The Bertz CT molecular complexity index is 947. The van der Waals surface area contributed by atoms with E-state index >= 15 is 0 Å². The van der Waals surface area contributed by atoms with Gasteiger partial charge in [0, 0.05) is 22.7 Å². The van der Waals surface area contributed by atoms with Gasteiger partial charge in [0.25, 0.3) is 0 Å². The summed E-state index contributed by atoms with van der Waals surface area (Å²) < 4.78 is 1.73. The molecule has 0 radical (unpaired) electrons. The molecule has 1 unspecified atom stereocenters. The summed E-state index contributed by atoms with van der Waals surface area (Å²) in [5, 5.41) is 17.7. The third-order valence-corrected chi connectivity index (χ3v) is 5.06. The Labute approximate surface area is 150 Å². The SMILES string of the molecule is CC1(C)CC(=O)C2=C(C1)Nc1c(C#N)cnn1C2c1ccc(Cl)cc1. The van der Waals surface area contributed by atoms with E-state index in [4.69, 9.17) is 11.6 Å². The highest BCUT2D eigenvalue weighted by Gasteiger charge is 2.41. The first-order valence-corrected chi connectivity index (χ1v) is 8.54. The fourth-order valence-corrected chi connectivity index (χ4v) is 3.87. The molecular weight excluding hydrogens is 336 g/mol. The van der Waals surface area contributed by atoms with Gasteiger partial charge in [-0.3, -0.25) is 4.79 Å². The summed E-state index contributed by atoms with van der Waals surface area (Å²) >= 11 is 6.02. The second kappa shape index (κ2) is 5.47. The van der Waals surface area contributed by atoms with Gasteiger partial charge in [0.1, 0.15) is 23.5 Å². The number of carbonyl (C=O) groups excluding carboxylic acids is 1. The van der Waals surface area contributed by atoms with Crippen LogP contribution in [0, 0.1) is 16.7 Å². The van der Waals surface area contributed by atoms with Gasteiger partial charge in [0.15, 0.2) is 5.78 Å². The number of hydrogen-bond donors (Lipinski definition) is 1. The zero-order chi connectivity index (χ0) is 17.8. The lowest BCUT2D eigenvalue weighted by Crippen LogP contribution is -2.36. The largest absolute Gasteiger partial charge is 0.342 e. The molecule has 126 valence electrons. The van der Waals surface area contributed by atoms with Crippen molar-refractivity contribution in [1.29, 1.82) is 5.26 Å². The van der Waals surface area contributed by atoms with Gasteiger partial charge >= 0.3 is 0 Å². The number of nitrogens with zero attached hydrogens (tertiary/aromatic N) is 3. The number of nitrogens with one attached hydrogen (secondary N) is 1. The zero-order valence-corrected chi connectivity index (χ0v) is 14.8. The fraction of sp³-hybridized carbons (Fsp3) is 0.316. The highest BCUT2D eigenvalue weighted by Crippen LogP contribution is 2.46. The predicted octanol–water partition coefficient (Wildman–Crippen LogP) is 4.07. The van der Waals surface area contributed by atoms with Crippen LogP contribution in [0.25, 0.3) is 0 Å². The van der Waals surface area contributed by atoms with E-state index in [1.807, 2.05) is 24.3 Å². The van der Waals surface area contributed by atoms with Gasteiger partial charge in [-0.05, 0) is 29.5 Å². The second-order valence-electron chi connectivity index (χ2n) is 7.38. The first kappa shape index (κ1) is 15.9. The molecule has 1 aromatic heterocycles. The van der Waals surface area contributed by atoms with Gasteiger partial charge in [0.05, 0.1) is 6.20 Å². The molecule has 0 saturated heterocycles. The smallest absolute Gasteiger partial charge is 0.163 e. The number of ketones is 1. The van der Waals surface area contributed by atoms with Gasteiger partial charge in [-0.15, -0.1) is 0 Å². The summed E-state index contributed by atoms with van der Waals surface area (Å²) in [4.78, 5) is 13.0. The Hall–Kier alpha value is -2.58. The maximum atomic E-state index is 13.0. The van der Waals surface area contributed by atoms with E-state index in [1.54, 1.807) is 10.9 Å². The lowest BCUT2D eigenvalue weighted by molar-refractivity contribution is -0.118. The lowest BCUT2D eigenvalue weighted by Gasteiger charge is -2.38. The molecule has 6 heteroatoms. The number of carbonyl (C=O) groups is 1. The third kappa shape index (κ3) is 2.54. The van der Waals surface area contributed by atoms with Crippen LogP contribution in [0.4, 0.5) is 5.82 Å². The van der Waals surface area contributed by atoms with E-state index in [2.05, 4.69) is 30.3 Å². The maximum Gasteiger partial charge on any atom is 0.163 e. The Morgan fingerprint density at radius 3 is 2.72 bits per heavy atom. The maximum absolute atomic E-state index is 13.0. The summed E-state index contributed by atoms with van der Waals surface area (Å²) in [6, 6.07) is 9.27. The van der Waals surface area contributed by atoms with Gasteiger partial charge in [-0.1, -0.05) is 37.6 Å². The number of hydrogen-bond acceptors (Lipinski definition) is 4. The lowest BCUT2D eigenvalue weighted by atomic mass is 9.73. The van der Waals surface area contributed by atoms with E-state index in [0.717, 1.165) is 23.3 Å². The van der Waals surface area contributed by atoms with Crippen LogP contribution in [0.1, 0.15) is 43.9 Å². The molecule has 2 aliphatic rings. The van der Waals surface area contributed by atoms with Gasteiger partial charge in [-0.25, -0.2) is 4.68 Å². The first-order valence-electron chi connectivity index (χ1n) is 8.16. The quantitative estimate of drug-likeness (QED) is 0.839. The molecular formula is C19H17ClN4O. The van der Waals surface area contributed by atoms with Crippen LogP contribution in [0.3, 0.4) is 0 Å². The van der Waals surface area contributed by atoms with Crippen LogP contribution in [0.2, 0.25) is 5.02 Å². The average Bonchev–Trinajstić information content (AvgIpc) is 2.95. The Morgan fingerprint density at radius 1 is 1.32 bits per heavy atom. The molecule has 5 nitrogen and oxygen atoms in total. The number of nitriles is 1. The summed E-state index contributed by atoms with van der Waals surface area (Å²) in [6.07, 6.45) is 2.80. The summed E-state index contributed by atoms with van der Waals surface area (Å²) in [5.74, 6) is 0.769. The highest BCUT2D eigenvalue weighted by molar-refractivity contribution is 6.30. The minimum atomic E-state index is -0.339. The van der Waals surface area contributed by atoms with Crippen molar-refractivity contribution in [2.45, 2.75) is 32.7 Å². The molecule has 4 rings (SSSR count). The first-order chi connectivity index (χ1) is 11.9. The van der Waals surface area contributed by atoms with E-state index in [1.165, 1.54) is 0 Å². The van der Waals surface area contributed by atoms with Gasteiger partial charge < -0.3 is 5.32 Å². The molecule has 0 spiro atoms. The van der Waals surface area contributed by atoms with Crippen molar-refractivity contribution in [3.8, 4) is 6.07 Å². The Morgan fingerprint density at radius 2 is 2.04 bits per heavy atom. The number of aromatic nitrogens is 2. The van der Waals surface area contributed by atoms with Crippen LogP contribution >= 0.6 is 11.6 Å². The molecule has 1 N–H and O–H groups in total. The van der Waals surface area contributed by atoms with Crippen molar-refractivity contribution in [1.82, 2.24) is 9.78 Å². The molecule has 0 saturated carbocycles. The molecule has 2 aromatic rings. The monoisotopic (exact) mass is 352 g/mol. The van der Waals surface area contributed by atoms with E-state index in [0.29, 0.717) is 22.8 Å². The van der Waals surface area contributed by atoms with Gasteiger partial charge in [0.2, 0.25) is 0 Å². The molecule has 1 aromatic carbocycles. The third-order valence-electron chi connectivity index (χ3n) is 4.81. The number of Topliss-reactive ketones (excluding diaryl/α,β-unsaturated/α-hetero) is 1. The van der Waals surface area contributed by atoms with E-state index in [9.17, 15) is 10.1 Å². The zero-order valence-electron chi connectivity index (χ0n) is 14.0. The van der Waals surface area contributed by atoms with Crippen molar-refractivity contribution in [2.24, 2.45) is 5.41 Å². The van der Waals surface area contributed by atoms with E-state index < -0.39 is 0 Å². The number of fused-ring (bicyclic) bond motifs is 1. The molecule has 0 fully saturated rings. The number of benzene rings is 1. The molecule has 1 aliphatic heterocycles. The normalized spacial score (nSPS) is 21.2. The van der Waals surface area contributed by atoms with Crippen molar-refractivity contribution >= 4 is 23.2 Å². The Balaban J connectivity index is 1.93. The minimum absolute atomic E-state index is 0.109. The molecule has 2 heterocycles. The molecule has 0 bridgehead atoms. The fourth-order valence-electron chi connectivity index (χ4n) is 3.75. The van der Waals surface area contributed by atoms with Crippen LogP contribution in [-0.2, 0) is 4.79 Å². The second-order valence-corrected chi connectivity index (χ2v) is 7.81. The number of anilines is 1. The number of halogens is 1. The number of rotatable bonds is 1. The van der Waals surface area contributed by atoms with Crippen molar-refractivity contribution in [3.63, 3.8) is 0 Å². The topological polar surface area (TPSA) is 70.7 Å². The van der Waals surface area contributed by atoms with E-state index in [-0.39, 0.29) is 17.2 Å². The predicted molar refractivity (Wildman–Crippen MR) is 95.2 cm³/mol. The molecule has 1 atom stereocenters. The van der Waals surface area contributed by atoms with Crippen LogP contribution < -0.4 is 5.32 Å². The highest BCUT2D eigenvalue weighted by atomic mass is 35.5. The summed E-state index contributed by atoms with van der Waals surface area (Å²) in [5.41, 5.74) is 2.93. The molecule has 25 heavy (non-hydrogen) atoms. The Kier molecular flexibility index (Phi) is 3.48. The van der Waals surface area contributed by atoms with Gasteiger partial charge in [-0.2, -0.15) is 10.4 Å². The van der Waals surface area contributed by atoms with Crippen molar-refractivity contribution in [2.75, 3.05) is 5.32 Å². The van der Waals surface area contributed by atoms with Crippen LogP contribution in [0.15, 0.2) is 41.7 Å². The van der Waals surface area contributed by atoms with Crippen molar-refractivity contribution in [3.05, 3.63) is 57.9 Å². The summed E-state index contributed by atoms with van der Waals surface area (Å²) in [7, 11) is 0. The van der Waals surface area contributed by atoms with Crippen LogP contribution in [-0.4, -0.2) is 15.6 Å². The standard InChI is InChI=1S/C19H17ClN4O/c1-19(2)7-14-16(15(25)8-19)17(11-3-5-13(20)6-4-11)24-18(23-14)12(9-21)10-22-24/h3-6,10,17,23H,7-8H2,1-2H3. The average molecular weight is 353 g/mol. The van der Waals surface area contributed by atoms with Crippen molar-refractivity contribution < 1.29 is 4.79 Å². The molecule has 1 aliphatic carbocycles. The summed E-state index contributed by atoms with van der Waals surface area (Å²) in [6.45, 7) is 4.18.